The maximum atomic E-state index is 5.49. The Kier molecular flexibility index (Phi) is 8.04. The van der Waals surface area contributed by atoms with Gasteiger partial charge in [-0.2, -0.15) is 0 Å². The highest BCUT2D eigenvalue weighted by molar-refractivity contribution is 5.38. The highest BCUT2D eigenvalue weighted by Crippen LogP contribution is 2.35. The van der Waals surface area contributed by atoms with Crippen LogP contribution < -0.4 is 4.74 Å². The van der Waals surface area contributed by atoms with Crippen LogP contribution in [0.1, 0.15) is 81.4 Å². The van der Waals surface area contributed by atoms with Crippen LogP contribution in [0.2, 0.25) is 0 Å². The van der Waals surface area contributed by atoms with E-state index in [0.29, 0.717) is 18.4 Å². The maximum absolute atomic E-state index is 5.49. The molecule has 1 aliphatic rings. The topological polar surface area (TPSA) is 9.23 Å². The summed E-state index contributed by atoms with van der Waals surface area (Å²) in [4.78, 5) is 0. The molecule has 0 amide bonds. The number of hydrogen-bond acceptors (Lipinski definition) is 1. The Labute approximate surface area is 171 Å². The fourth-order valence-electron chi connectivity index (χ4n) is 4.09. The Hall–Kier alpha value is -2.20. The van der Waals surface area contributed by atoms with E-state index >= 15 is 0 Å². The first-order valence-electron chi connectivity index (χ1n) is 11.1. The van der Waals surface area contributed by atoms with Crippen molar-refractivity contribution in [2.45, 2.75) is 71.1 Å². The molecule has 3 rings (SSSR count). The van der Waals surface area contributed by atoms with E-state index in [9.17, 15) is 0 Å². The summed E-state index contributed by atoms with van der Waals surface area (Å²) in [7, 11) is 0. The molecular formula is C27H34O. The molecule has 0 aliphatic heterocycles. The highest BCUT2D eigenvalue weighted by atomic mass is 16.5. The van der Waals surface area contributed by atoms with E-state index < -0.39 is 0 Å². The third kappa shape index (κ3) is 6.16. The van der Waals surface area contributed by atoms with Gasteiger partial charge in [0.25, 0.3) is 0 Å². The summed E-state index contributed by atoms with van der Waals surface area (Å²) in [5, 5.41) is 0. The van der Waals surface area contributed by atoms with Crippen LogP contribution in [0.5, 0.6) is 5.75 Å². The summed E-state index contributed by atoms with van der Waals surface area (Å²) in [5.74, 6) is 9.05. The SMILES string of the molecule is CCCCCc1ccc([C@H]2CC[C@H](C#Cc3ccc(OCC)cc3)CC2)cc1. The number of rotatable bonds is 7. The van der Waals surface area contributed by atoms with Crippen molar-refractivity contribution in [1.29, 1.82) is 0 Å². The first-order chi connectivity index (χ1) is 13.8. The van der Waals surface area contributed by atoms with E-state index in [-0.39, 0.29) is 0 Å². The Morgan fingerprint density at radius 3 is 2.21 bits per heavy atom. The van der Waals surface area contributed by atoms with E-state index in [1.807, 2.05) is 19.1 Å². The van der Waals surface area contributed by atoms with E-state index in [0.717, 1.165) is 11.3 Å². The molecular weight excluding hydrogens is 340 g/mol. The zero-order chi connectivity index (χ0) is 19.6. The average Bonchev–Trinajstić information content (AvgIpc) is 2.75. The molecule has 0 bridgehead atoms. The lowest BCUT2D eigenvalue weighted by molar-refractivity contribution is 0.340. The van der Waals surface area contributed by atoms with Gasteiger partial charge in [-0.05, 0) is 86.8 Å². The van der Waals surface area contributed by atoms with Crippen LogP contribution >= 0.6 is 0 Å². The molecule has 0 unspecified atom stereocenters. The predicted octanol–water partition coefficient (Wildman–Crippen LogP) is 7.14. The van der Waals surface area contributed by atoms with Crippen LogP contribution in [0.25, 0.3) is 0 Å². The van der Waals surface area contributed by atoms with Gasteiger partial charge in [-0.15, -0.1) is 0 Å². The summed E-state index contributed by atoms with van der Waals surface area (Å²) in [6.07, 6.45) is 10.1. The summed E-state index contributed by atoms with van der Waals surface area (Å²) in [6, 6.07) is 17.6. The minimum Gasteiger partial charge on any atom is -0.494 e. The molecule has 0 aromatic heterocycles. The largest absolute Gasteiger partial charge is 0.494 e. The molecule has 1 aliphatic carbocycles. The fraction of sp³-hybridized carbons (Fsp3) is 0.481. The van der Waals surface area contributed by atoms with Gasteiger partial charge >= 0.3 is 0 Å². The van der Waals surface area contributed by atoms with Gasteiger partial charge in [0.1, 0.15) is 5.75 Å². The smallest absolute Gasteiger partial charge is 0.119 e. The van der Waals surface area contributed by atoms with Crippen molar-refractivity contribution < 1.29 is 4.74 Å². The van der Waals surface area contributed by atoms with E-state index in [4.69, 9.17) is 4.74 Å². The van der Waals surface area contributed by atoms with Gasteiger partial charge < -0.3 is 4.74 Å². The first kappa shape index (κ1) is 20.5. The Balaban J connectivity index is 1.48. The van der Waals surface area contributed by atoms with Crippen molar-refractivity contribution >= 4 is 0 Å². The van der Waals surface area contributed by atoms with E-state index in [1.54, 1.807) is 0 Å². The fourth-order valence-corrected chi connectivity index (χ4v) is 4.09. The van der Waals surface area contributed by atoms with Crippen molar-refractivity contribution in [3.63, 3.8) is 0 Å². The lowest BCUT2D eigenvalue weighted by Crippen LogP contribution is -2.12. The third-order valence-corrected chi connectivity index (χ3v) is 5.83. The minimum absolute atomic E-state index is 0.538. The van der Waals surface area contributed by atoms with Crippen molar-refractivity contribution in [3.05, 3.63) is 65.2 Å². The van der Waals surface area contributed by atoms with Gasteiger partial charge in [0, 0.05) is 11.5 Å². The van der Waals surface area contributed by atoms with Crippen molar-refractivity contribution in [1.82, 2.24) is 0 Å². The molecule has 1 fully saturated rings. The van der Waals surface area contributed by atoms with Crippen LogP contribution in [0.15, 0.2) is 48.5 Å². The second kappa shape index (κ2) is 11.0. The van der Waals surface area contributed by atoms with Crippen molar-refractivity contribution in [2.75, 3.05) is 6.61 Å². The number of unbranched alkanes of at least 4 members (excludes halogenated alkanes) is 2. The molecule has 2 aromatic carbocycles. The van der Waals surface area contributed by atoms with Gasteiger partial charge in [0.2, 0.25) is 0 Å². The zero-order valence-corrected chi connectivity index (χ0v) is 17.5. The quantitative estimate of drug-likeness (QED) is 0.369. The lowest BCUT2D eigenvalue weighted by Gasteiger charge is -2.26. The van der Waals surface area contributed by atoms with Gasteiger partial charge in [-0.1, -0.05) is 55.9 Å². The van der Waals surface area contributed by atoms with E-state index in [2.05, 4.69) is 55.2 Å². The monoisotopic (exact) mass is 374 g/mol. The molecule has 2 aromatic rings. The van der Waals surface area contributed by atoms with Crippen molar-refractivity contribution in [2.24, 2.45) is 5.92 Å². The molecule has 0 spiro atoms. The first-order valence-corrected chi connectivity index (χ1v) is 11.1. The van der Waals surface area contributed by atoms with E-state index in [1.165, 1.54) is 62.5 Å². The van der Waals surface area contributed by atoms with Gasteiger partial charge in [-0.3, -0.25) is 0 Å². The summed E-state index contributed by atoms with van der Waals surface area (Å²) in [5.41, 5.74) is 4.11. The van der Waals surface area contributed by atoms with Gasteiger partial charge in [0.05, 0.1) is 6.61 Å². The number of aryl methyl sites for hydroxylation is 1. The zero-order valence-electron chi connectivity index (χ0n) is 17.5. The minimum atomic E-state index is 0.538. The second-order valence-corrected chi connectivity index (χ2v) is 7.97. The molecule has 0 atom stereocenters. The second-order valence-electron chi connectivity index (χ2n) is 7.97. The predicted molar refractivity (Wildman–Crippen MR) is 119 cm³/mol. The highest BCUT2D eigenvalue weighted by Gasteiger charge is 2.21. The normalized spacial score (nSPS) is 18.9. The number of ether oxygens (including phenoxy) is 1. The van der Waals surface area contributed by atoms with Crippen LogP contribution in [0.3, 0.4) is 0 Å². The Morgan fingerprint density at radius 1 is 0.857 bits per heavy atom. The molecule has 28 heavy (non-hydrogen) atoms. The molecule has 1 nitrogen and oxygen atoms in total. The van der Waals surface area contributed by atoms with Crippen LogP contribution in [-0.4, -0.2) is 6.61 Å². The number of hydrogen-bond donors (Lipinski definition) is 0. The molecule has 0 N–H and O–H groups in total. The molecule has 148 valence electrons. The summed E-state index contributed by atoms with van der Waals surface area (Å²) in [6.45, 7) is 4.98. The molecule has 0 radical (unpaired) electrons. The van der Waals surface area contributed by atoms with Crippen LogP contribution in [0.4, 0.5) is 0 Å². The Morgan fingerprint density at radius 2 is 1.57 bits per heavy atom. The maximum Gasteiger partial charge on any atom is 0.119 e. The van der Waals surface area contributed by atoms with Crippen LogP contribution in [-0.2, 0) is 6.42 Å². The van der Waals surface area contributed by atoms with Gasteiger partial charge in [0.15, 0.2) is 0 Å². The Bertz CT molecular complexity index is 753. The average molecular weight is 375 g/mol. The van der Waals surface area contributed by atoms with Crippen molar-refractivity contribution in [3.8, 4) is 17.6 Å². The molecule has 0 saturated heterocycles. The third-order valence-electron chi connectivity index (χ3n) is 5.83. The molecule has 0 heterocycles. The standard InChI is InChI=1S/C27H34O/c1-3-5-6-7-22-10-16-25(17-11-22)26-18-12-23(13-19-26)8-9-24-14-20-27(21-15-24)28-4-2/h10-11,14-17,20-21,23,26H,3-7,12-13,18-19H2,1-2H3/t23-,26-. The molecule has 1 heteroatoms. The summed E-state index contributed by atoms with van der Waals surface area (Å²) >= 11 is 0. The summed E-state index contributed by atoms with van der Waals surface area (Å²) < 4.78 is 5.49. The van der Waals surface area contributed by atoms with Crippen LogP contribution in [0, 0.1) is 17.8 Å². The van der Waals surface area contributed by atoms with Gasteiger partial charge in [-0.25, -0.2) is 0 Å². The molecule has 1 saturated carbocycles. The lowest BCUT2D eigenvalue weighted by atomic mass is 9.78. The number of benzene rings is 2.